The summed E-state index contributed by atoms with van der Waals surface area (Å²) in [6, 6.07) is 4.12. The van der Waals surface area contributed by atoms with Crippen molar-refractivity contribution < 1.29 is 9.53 Å². The van der Waals surface area contributed by atoms with Crippen LogP contribution in [0.5, 0.6) is 0 Å². The number of rotatable bonds is 6. The number of ether oxygens (including phenoxy) is 1. The van der Waals surface area contributed by atoms with Gasteiger partial charge in [0.05, 0.1) is 19.3 Å². The van der Waals surface area contributed by atoms with Crippen LogP contribution in [0, 0.1) is 0 Å². The highest BCUT2D eigenvalue weighted by Gasteiger charge is 2.20. The first-order valence-corrected chi connectivity index (χ1v) is 7.49. The SMILES string of the molecule is NCC1CN(CC(=O)NCCc2cccs2)CCO1. The number of amides is 1. The Morgan fingerprint density at radius 2 is 2.53 bits per heavy atom. The molecule has 19 heavy (non-hydrogen) atoms. The number of thiophene rings is 1. The Bertz CT molecular complexity index is 383. The number of carbonyl (C=O) groups is 1. The van der Waals surface area contributed by atoms with Gasteiger partial charge in [0, 0.05) is 31.1 Å². The number of hydrogen-bond donors (Lipinski definition) is 2. The van der Waals surface area contributed by atoms with Crippen molar-refractivity contribution in [3.63, 3.8) is 0 Å². The maximum absolute atomic E-state index is 11.8. The fourth-order valence-corrected chi connectivity index (χ4v) is 2.81. The van der Waals surface area contributed by atoms with E-state index in [1.165, 1.54) is 4.88 Å². The smallest absolute Gasteiger partial charge is 0.234 e. The Labute approximate surface area is 117 Å². The van der Waals surface area contributed by atoms with Gasteiger partial charge in [-0.25, -0.2) is 0 Å². The summed E-state index contributed by atoms with van der Waals surface area (Å²) in [5.74, 6) is 0.0780. The van der Waals surface area contributed by atoms with Crippen molar-refractivity contribution in [2.24, 2.45) is 5.73 Å². The number of nitrogens with one attached hydrogen (secondary N) is 1. The van der Waals surface area contributed by atoms with Gasteiger partial charge in [0.15, 0.2) is 0 Å². The molecule has 1 aromatic heterocycles. The van der Waals surface area contributed by atoms with E-state index in [9.17, 15) is 4.79 Å². The molecule has 1 saturated heterocycles. The molecule has 0 aliphatic carbocycles. The number of carbonyl (C=O) groups excluding carboxylic acids is 1. The summed E-state index contributed by atoms with van der Waals surface area (Å²) in [6.07, 6.45) is 0.963. The van der Waals surface area contributed by atoms with Crippen LogP contribution in [-0.2, 0) is 16.0 Å². The molecular formula is C13H21N3O2S. The number of morpholine rings is 1. The van der Waals surface area contributed by atoms with Crippen molar-refractivity contribution in [2.75, 3.05) is 39.3 Å². The summed E-state index contributed by atoms with van der Waals surface area (Å²) in [4.78, 5) is 15.2. The lowest BCUT2D eigenvalue weighted by atomic mass is 10.2. The summed E-state index contributed by atoms with van der Waals surface area (Å²) in [6.45, 7) is 3.85. The standard InChI is InChI=1S/C13H21N3O2S/c14-8-11-9-16(5-6-18-11)10-13(17)15-4-3-12-2-1-7-19-12/h1-2,7,11H,3-6,8-10,14H2,(H,15,17). The van der Waals surface area contributed by atoms with Crippen LogP contribution < -0.4 is 11.1 Å². The molecule has 2 rings (SSSR count). The summed E-state index contributed by atoms with van der Waals surface area (Å²) in [7, 11) is 0. The maximum atomic E-state index is 11.8. The highest BCUT2D eigenvalue weighted by atomic mass is 32.1. The lowest BCUT2D eigenvalue weighted by Gasteiger charge is -2.31. The molecule has 1 aliphatic rings. The zero-order valence-electron chi connectivity index (χ0n) is 11.0. The molecule has 1 amide bonds. The highest BCUT2D eigenvalue weighted by Crippen LogP contribution is 2.08. The maximum Gasteiger partial charge on any atom is 0.234 e. The van der Waals surface area contributed by atoms with Gasteiger partial charge in [-0.05, 0) is 17.9 Å². The lowest BCUT2D eigenvalue weighted by Crippen LogP contribution is -2.49. The first-order chi connectivity index (χ1) is 9.28. The van der Waals surface area contributed by atoms with E-state index in [0.717, 1.165) is 19.5 Å². The third-order valence-electron chi connectivity index (χ3n) is 3.13. The van der Waals surface area contributed by atoms with Gasteiger partial charge in [-0.15, -0.1) is 11.3 Å². The molecule has 106 valence electrons. The Hall–Kier alpha value is -0.950. The molecule has 0 spiro atoms. The minimum Gasteiger partial charge on any atom is -0.374 e. The van der Waals surface area contributed by atoms with E-state index >= 15 is 0 Å². The molecule has 1 atom stereocenters. The predicted octanol–water partition coefficient (Wildman–Crippen LogP) is 0.0663. The van der Waals surface area contributed by atoms with E-state index in [4.69, 9.17) is 10.5 Å². The fourth-order valence-electron chi connectivity index (χ4n) is 2.11. The van der Waals surface area contributed by atoms with Crippen molar-refractivity contribution in [2.45, 2.75) is 12.5 Å². The fraction of sp³-hybridized carbons (Fsp3) is 0.615. The van der Waals surface area contributed by atoms with Gasteiger partial charge in [-0.1, -0.05) is 6.07 Å². The third-order valence-corrected chi connectivity index (χ3v) is 4.06. The summed E-state index contributed by atoms with van der Waals surface area (Å²) < 4.78 is 5.47. The molecule has 1 aliphatic heterocycles. The van der Waals surface area contributed by atoms with Crippen LogP contribution in [0.15, 0.2) is 17.5 Å². The molecule has 1 fully saturated rings. The zero-order chi connectivity index (χ0) is 13.5. The second-order valence-corrected chi connectivity index (χ2v) is 5.68. The molecule has 2 heterocycles. The Kier molecular flexibility index (Phi) is 5.78. The summed E-state index contributed by atoms with van der Waals surface area (Å²) in [5.41, 5.74) is 5.58. The first kappa shape index (κ1) is 14.5. The molecule has 6 heteroatoms. The molecule has 0 aromatic carbocycles. The van der Waals surface area contributed by atoms with Crippen molar-refractivity contribution >= 4 is 17.2 Å². The minimum absolute atomic E-state index is 0.0627. The normalized spacial score (nSPS) is 20.4. The quantitative estimate of drug-likeness (QED) is 0.775. The minimum atomic E-state index is 0.0627. The molecule has 3 N–H and O–H groups in total. The van der Waals surface area contributed by atoms with Gasteiger partial charge in [0.1, 0.15) is 0 Å². The first-order valence-electron chi connectivity index (χ1n) is 6.61. The Morgan fingerprint density at radius 1 is 1.63 bits per heavy atom. The van der Waals surface area contributed by atoms with Crippen LogP contribution in [0.4, 0.5) is 0 Å². The molecule has 1 unspecified atom stereocenters. The van der Waals surface area contributed by atoms with Crippen LogP contribution in [-0.4, -0.2) is 56.2 Å². The van der Waals surface area contributed by atoms with Crippen molar-refractivity contribution in [1.29, 1.82) is 0 Å². The number of hydrogen-bond acceptors (Lipinski definition) is 5. The summed E-state index contributed by atoms with van der Waals surface area (Å²) >= 11 is 1.72. The van der Waals surface area contributed by atoms with E-state index in [1.807, 2.05) is 6.07 Å². The van der Waals surface area contributed by atoms with Crippen LogP contribution >= 0.6 is 11.3 Å². The van der Waals surface area contributed by atoms with Crippen LogP contribution in [0.1, 0.15) is 4.88 Å². The molecule has 0 radical (unpaired) electrons. The summed E-state index contributed by atoms with van der Waals surface area (Å²) in [5, 5.41) is 5.01. The van der Waals surface area contributed by atoms with E-state index in [0.29, 0.717) is 26.2 Å². The van der Waals surface area contributed by atoms with E-state index in [2.05, 4.69) is 21.7 Å². The lowest BCUT2D eigenvalue weighted by molar-refractivity contribution is -0.124. The highest BCUT2D eigenvalue weighted by molar-refractivity contribution is 7.09. The van der Waals surface area contributed by atoms with Crippen LogP contribution in [0.2, 0.25) is 0 Å². The van der Waals surface area contributed by atoms with Crippen molar-refractivity contribution in [3.05, 3.63) is 22.4 Å². The molecule has 1 aromatic rings. The monoisotopic (exact) mass is 283 g/mol. The predicted molar refractivity (Wildman–Crippen MR) is 76.3 cm³/mol. The molecular weight excluding hydrogens is 262 g/mol. The van der Waals surface area contributed by atoms with E-state index in [-0.39, 0.29) is 12.0 Å². The number of nitrogens with two attached hydrogens (primary N) is 1. The largest absolute Gasteiger partial charge is 0.374 e. The Morgan fingerprint density at radius 3 is 3.26 bits per heavy atom. The second kappa shape index (κ2) is 7.59. The Balaban J connectivity index is 1.63. The van der Waals surface area contributed by atoms with Gasteiger partial charge >= 0.3 is 0 Å². The molecule has 0 bridgehead atoms. The van der Waals surface area contributed by atoms with Gasteiger partial charge < -0.3 is 15.8 Å². The van der Waals surface area contributed by atoms with Gasteiger partial charge in [0.25, 0.3) is 0 Å². The van der Waals surface area contributed by atoms with Crippen molar-refractivity contribution in [3.8, 4) is 0 Å². The number of nitrogens with zero attached hydrogens (tertiary/aromatic N) is 1. The van der Waals surface area contributed by atoms with Gasteiger partial charge in [-0.2, -0.15) is 0 Å². The van der Waals surface area contributed by atoms with Crippen molar-refractivity contribution in [1.82, 2.24) is 10.2 Å². The molecule has 5 nitrogen and oxygen atoms in total. The van der Waals surface area contributed by atoms with E-state index in [1.54, 1.807) is 11.3 Å². The average molecular weight is 283 g/mol. The van der Waals surface area contributed by atoms with Gasteiger partial charge in [0.2, 0.25) is 5.91 Å². The van der Waals surface area contributed by atoms with Crippen LogP contribution in [0.3, 0.4) is 0 Å². The zero-order valence-corrected chi connectivity index (χ0v) is 11.8. The van der Waals surface area contributed by atoms with Gasteiger partial charge in [-0.3, -0.25) is 9.69 Å². The van der Waals surface area contributed by atoms with Crippen LogP contribution in [0.25, 0.3) is 0 Å². The third kappa shape index (κ3) is 4.91. The topological polar surface area (TPSA) is 67.6 Å². The molecule has 0 saturated carbocycles. The average Bonchev–Trinajstić information content (AvgIpc) is 2.92. The second-order valence-electron chi connectivity index (χ2n) is 4.64. The van der Waals surface area contributed by atoms with E-state index < -0.39 is 0 Å².